The molecule has 0 aliphatic heterocycles. The smallest absolute Gasteiger partial charge is 0.333 e. The van der Waals surface area contributed by atoms with E-state index >= 15 is 0 Å². The molecule has 4 aromatic carbocycles. The number of esters is 1. The summed E-state index contributed by atoms with van der Waals surface area (Å²) in [7, 11) is 1.63. The van der Waals surface area contributed by atoms with Crippen molar-refractivity contribution in [3.8, 4) is 5.75 Å². The van der Waals surface area contributed by atoms with Gasteiger partial charge in [-0.05, 0) is 36.8 Å². The number of benzene rings is 4. The van der Waals surface area contributed by atoms with Crippen molar-refractivity contribution in [2.75, 3.05) is 19.0 Å². The van der Waals surface area contributed by atoms with Crippen molar-refractivity contribution >= 4 is 17.4 Å². The lowest BCUT2D eigenvalue weighted by Gasteiger charge is -2.26. The maximum absolute atomic E-state index is 13.5. The number of anilines is 1. The van der Waals surface area contributed by atoms with Gasteiger partial charge in [0.15, 0.2) is 6.04 Å². The van der Waals surface area contributed by atoms with Crippen molar-refractivity contribution in [2.45, 2.75) is 19.0 Å². The topological polar surface area (TPSA) is 59.9 Å². The Hall–Kier alpha value is -4.38. The first-order valence-corrected chi connectivity index (χ1v) is 12.0. The van der Waals surface area contributed by atoms with Crippen LogP contribution in [0.15, 0.2) is 120 Å². The molecular formula is C31H30N2O3. The van der Waals surface area contributed by atoms with Crippen LogP contribution < -0.4 is 10.1 Å². The number of nitrogens with zero attached hydrogens (tertiary/aromatic N) is 1. The van der Waals surface area contributed by atoms with E-state index in [1.54, 1.807) is 7.11 Å². The second kappa shape index (κ2) is 12.4. The van der Waals surface area contributed by atoms with Gasteiger partial charge in [-0.25, -0.2) is 4.79 Å². The van der Waals surface area contributed by atoms with Crippen molar-refractivity contribution in [3.05, 3.63) is 132 Å². The number of methoxy groups -OCH3 is 1. The Morgan fingerprint density at radius 1 is 0.778 bits per heavy atom. The summed E-state index contributed by atoms with van der Waals surface area (Å²) in [5.41, 5.74) is 4.35. The second-order valence-corrected chi connectivity index (χ2v) is 8.17. The van der Waals surface area contributed by atoms with Crippen LogP contribution in [-0.4, -0.2) is 31.4 Å². The first kappa shape index (κ1) is 24.7. The molecule has 5 nitrogen and oxygen atoms in total. The van der Waals surface area contributed by atoms with Gasteiger partial charge in [0, 0.05) is 16.8 Å². The SMILES string of the molecule is CCOC(=O)C(N=C(c1ccccc1)c1ccccc1)C(Nc1ccc(OC)cc1)c1ccccc1. The van der Waals surface area contributed by atoms with Crippen LogP contribution in [0.25, 0.3) is 0 Å². The van der Waals surface area contributed by atoms with E-state index in [2.05, 4.69) is 5.32 Å². The van der Waals surface area contributed by atoms with Crippen LogP contribution in [0.5, 0.6) is 5.75 Å². The largest absolute Gasteiger partial charge is 0.497 e. The summed E-state index contributed by atoms with van der Waals surface area (Å²) in [5.74, 6) is 0.365. The van der Waals surface area contributed by atoms with Crippen molar-refractivity contribution in [2.24, 2.45) is 4.99 Å². The van der Waals surface area contributed by atoms with E-state index in [0.29, 0.717) is 0 Å². The van der Waals surface area contributed by atoms with Crippen LogP contribution in [-0.2, 0) is 9.53 Å². The van der Waals surface area contributed by atoms with Gasteiger partial charge in [-0.1, -0.05) is 91.0 Å². The molecule has 0 aliphatic carbocycles. The number of carbonyl (C=O) groups is 1. The molecule has 2 atom stereocenters. The van der Waals surface area contributed by atoms with Gasteiger partial charge < -0.3 is 14.8 Å². The number of nitrogens with one attached hydrogen (secondary N) is 1. The number of carbonyl (C=O) groups excluding carboxylic acids is 1. The van der Waals surface area contributed by atoms with Crippen LogP contribution in [0.2, 0.25) is 0 Å². The number of aliphatic imine (C=N–C) groups is 1. The predicted octanol–water partition coefficient (Wildman–Crippen LogP) is 6.32. The Balaban J connectivity index is 1.85. The molecule has 0 aliphatic rings. The van der Waals surface area contributed by atoms with Crippen LogP contribution in [0, 0.1) is 0 Å². The van der Waals surface area contributed by atoms with Gasteiger partial charge in [0.2, 0.25) is 0 Å². The maximum Gasteiger partial charge on any atom is 0.333 e. The number of hydrogen-bond acceptors (Lipinski definition) is 5. The summed E-state index contributed by atoms with van der Waals surface area (Å²) < 4.78 is 10.9. The quantitative estimate of drug-likeness (QED) is 0.214. The molecule has 4 rings (SSSR count). The minimum absolute atomic E-state index is 0.265. The zero-order chi connectivity index (χ0) is 25.2. The third-order valence-electron chi connectivity index (χ3n) is 5.78. The minimum Gasteiger partial charge on any atom is -0.497 e. The normalized spacial score (nSPS) is 12.2. The predicted molar refractivity (Wildman–Crippen MR) is 145 cm³/mol. The molecule has 0 saturated carbocycles. The molecule has 182 valence electrons. The third kappa shape index (κ3) is 6.19. The summed E-state index contributed by atoms with van der Waals surface area (Å²) in [6.45, 7) is 2.07. The highest BCUT2D eigenvalue weighted by atomic mass is 16.5. The highest BCUT2D eigenvalue weighted by Gasteiger charge is 2.32. The van der Waals surface area contributed by atoms with Crippen LogP contribution in [0.1, 0.15) is 29.7 Å². The van der Waals surface area contributed by atoms with Gasteiger partial charge >= 0.3 is 5.97 Å². The fourth-order valence-corrected chi connectivity index (χ4v) is 4.01. The second-order valence-electron chi connectivity index (χ2n) is 8.17. The van der Waals surface area contributed by atoms with E-state index in [9.17, 15) is 4.79 Å². The highest BCUT2D eigenvalue weighted by molar-refractivity contribution is 6.13. The van der Waals surface area contributed by atoms with E-state index in [1.165, 1.54) is 0 Å². The van der Waals surface area contributed by atoms with Crippen molar-refractivity contribution in [3.63, 3.8) is 0 Å². The highest BCUT2D eigenvalue weighted by Crippen LogP contribution is 2.28. The lowest BCUT2D eigenvalue weighted by Crippen LogP contribution is -2.34. The fourth-order valence-electron chi connectivity index (χ4n) is 4.01. The summed E-state index contributed by atoms with van der Waals surface area (Å²) in [6.07, 6.45) is 0. The first-order valence-electron chi connectivity index (χ1n) is 12.0. The van der Waals surface area contributed by atoms with Crippen molar-refractivity contribution in [1.82, 2.24) is 0 Å². The molecule has 0 aromatic heterocycles. The molecule has 0 saturated heterocycles. The standard InChI is InChI=1S/C31H30N2O3/c1-3-36-31(34)30(33-28(23-13-7-4-8-14-23)24-15-9-5-10-16-24)29(25-17-11-6-12-18-25)32-26-19-21-27(35-2)22-20-26/h4-22,29-30,32H,3H2,1-2H3. The molecule has 5 heteroatoms. The van der Waals surface area contributed by atoms with E-state index in [-0.39, 0.29) is 6.61 Å². The fraction of sp³-hybridized carbons (Fsp3) is 0.161. The average Bonchev–Trinajstić information content (AvgIpc) is 2.94. The molecule has 0 radical (unpaired) electrons. The van der Waals surface area contributed by atoms with Gasteiger partial charge in [0.25, 0.3) is 0 Å². The zero-order valence-corrected chi connectivity index (χ0v) is 20.5. The van der Waals surface area contributed by atoms with Gasteiger partial charge in [-0.3, -0.25) is 4.99 Å². The number of ether oxygens (including phenoxy) is 2. The van der Waals surface area contributed by atoms with E-state index < -0.39 is 18.1 Å². The molecule has 0 bridgehead atoms. The van der Waals surface area contributed by atoms with E-state index in [0.717, 1.165) is 33.8 Å². The Kier molecular flexibility index (Phi) is 8.49. The Morgan fingerprint density at radius 3 is 1.81 bits per heavy atom. The summed E-state index contributed by atoms with van der Waals surface area (Å²) in [6, 6.07) is 36.0. The van der Waals surface area contributed by atoms with Crippen molar-refractivity contribution in [1.29, 1.82) is 0 Å². The lowest BCUT2D eigenvalue weighted by atomic mass is 9.97. The van der Waals surface area contributed by atoms with E-state index in [4.69, 9.17) is 14.5 Å². The number of hydrogen-bond donors (Lipinski definition) is 1. The summed E-state index contributed by atoms with van der Waals surface area (Å²) in [5, 5.41) is 3.53. The summed E-state index contributed by atoms with van der Waals surface area (Å²) in [4.78, 5) is 18.6. The molecule has 4 aromatic rings. The molecule has 0 spiro atoms. The van der Waals surface area contributed by atoms with Crippen LogP contribution in [0.4, 0.5) is 5.69 Å². The number of rotatable bonds is 10. The molecule has 0 heterocycles. The average molecular weight is 479 g/mol. The molecule has 0 amide bonds. The monoisotopic (exact) mass is 478 g/mol. The summed E-state index contributed by atoms with van der Waals surface area (Å²) >= 11 is 0. The lowest BCUT2D eigenvalue weighted by molar-refractivity contribution is -0.145. The van der Waals surface area contributed by atoms with Gasteiger partial charge in [0.05, 0.1) is 25.5 Å². The maximum atomic E-state index is 13.5. The Labute approximate surface area is 212 Å². The van der Waals surface area contributed by atoms with Gasteiger partial charge in [-0.2, -0.15) is 0 Å². The van der Waals surface area contributed by atoms with Crippen LogP contribution in [0.3, 0.4) is 0 Å². The zero-order valence-electron chi connectivity index (χ0n) is 20.5. The third-order valence-corrected chi connectivity index (χ3v) is 5.78. The Morgan fingerprint density at radius 2 is 1.31 bits per heavy atom. The van der Waals surface area contributed by atoms with E-state index in [1.807, 2.05) is 122 Å². The molecule has 1 N–H and O–H groups in total. The first-order chi connectivity index (χ1) is 17.7. The van der Waals surface area contributed by atoms with Crippen molar-refractivity contribution < 1.29 is 14.3 Å². The molecule has 0 fully saturated rings. The molecule has 2 unspecified atom stereocenters. The molecule has 36 heavy (non-hydrogen) atoms. The minimum atomic E-state index is -0.843. The molecular weight excluding hydrogens is 448 g/mol. The Bertz CT molecular complexity index is 1220. The van der Waals surface area contributed by atoms with Gasteiger partial charge in [0.1, 0.15) is 5.75 Å². The van der Waals surface area contributed by atoms with Crippen LogP contribution >= 0.6 is 0 Å². The van der Waals surface area contributed by atoms with Gasteiger partial charge in [-0.15, -0.1) is 0 Å².